The first kappa shape index (κ1) is 17.0. The zero-order valence-electron chi connectivity index (χ0n) is 12.3. The maximum atomic E-state index is 11.4. The van der Waals surface area contributed by atoms with E-state index < -0.39 is 0 Å². The Balaban J connectivity index is 1.99. The van der Waals surface area contributed by atoms with Crippen LogP contribution < -0.4 is 0 Å². The van der Waals surface area contributed by atoms with Crippen LogP contribution in [0.25, 0.3) is 0 Å². The number of thioether (sulfide) groups is 2. The van der Waals surface area contributed by atoms with Crippen LogP contribution in [0.4, 0.5) is 5.69 Å². The minimum absolute atomic E-state index is 0.166. The van der Waals surface area contributed by atoms with Crippen LogP contribution in [0.15, 0.2) is 46.2 Å². The molecule has 0 aliphatic carbocycles. The van der Waals surface area contributed by atoms with Crippen molar-refractivity contribution in [3.8, 4) is 0 Å². The van der Waals surface area contributed by atoms with Gasteiger partial charge in [0.1, 0.15) is 0 Å². The maximum Gasteiger partial charge on any atom is 0.283 e. The van der Waals surface area contributed by atoms with Crippen molar-refractivity contribution in [2.45, 2.75) is 21.3 Å². The molecule has 0 radical (unpaired) electrons. The quantitative estimate of drug-likeness (QED) is 0.465. The Morgan fingerprint density at radius 2 is 1.87 bits per heavy atom. The molecule has 23 heavy (non-hydrogen) atoms. The van der Waals surface area contributed by atoms with E-state index in [-0.39, 0.29) is 10.6 Å². The first-order chi connectivity index (χ1) is 11.0. The van der Waals surface area contributed by atoms with Crippen molar-refractivity contribution in [3.05, 3.63) is 62.7 Å². The van der Waals surface area contributed by atoms with E-state index in [0.717, 1.165) is 22.0 Å². The van der Waals surface area contributed by atoms with Crippen molar-refractivity contribution in [1.82, 2.24) is 0 Å². The summed E-state index contributed by atoms with van der Waals surface area (Å²) in [6.45, 7) is 1.96. The first-order valence-corrected chi connectivity index (χ1v) is 10.3. The van der Waals surface area contributed by atoms with Crippen LogP contribution >= 0.6 is 46.9 Å². The maximum absolute atomic E-state index is 11.4. The van der Waals surface area contributed by atoms with Crippen LogP contribution in [0.5, 0.6) is 0 Å². The molecule has 0 N–H and O–H groups in total. The van der Waals surface area contributed by atoms with Gasteiger partial charge in [-0.15, -0.1) is 23.5 Å². The van der Waals surface area contributed by atoms with Crippen molar-refractivity contribution in [3.63, 3.8) is 0 Å². The Morgan fingerprint density at radius 1 is 1.22 bits per heavy atom. The molecule has 1 aliphatic rings. The van der Waals surface area contributed by atoms with Gasteiger partial charge in [-0.05, 0) is 48.4 Å². The lowest BCUT2D eigenvalue weighted by Gasteiger charge is -2.14. The number of nitro benzene ring substituents is 1. The van der Waals surface area contributed by atoms with Crippen molar-refractivity contribution < 1.29 is 4.92 Å². The zero-order chi connectivity index (χ0) is 16.4. The van der Waals surface area contributed by atoms with Gasteiger partial charge in [-0.3, -0.25) is 10.1 Å². The van der Waals surface area contributed by atoms with Gasteiger partial charge >= 0.3 is 0 Å². The number of benzene rings is 2. The molecule has 2 aromatic carbocycles. The summed E-state index contributed by atoms with van der Waals surface area (Å²) in [6.07, 6.45) is 0. The van der Waals surface area contributed by atoms with Crippen molar-refractivity contribution >= 4 is 52.6 Å². The number of hydrogen-bond acceptors (Lipinski definition) is 5. The van der Waals surface area contributed by atoms with Crippen molar-refractivity contribution in [1.29, 1.82) is 0 Å². The predicted molar refractivity (Wildman–Crippen MR) is 101 cm³/mol. The fourth-order valence-corrected chi connectivity index (χ4v) is 6.44. The summed E-state index contributed by atoms with van der Waals surface area (Å²) in [5.41, 5.74) is 2.35. The molecule has 1 aliphatic heterocycles. The van der Waals surface area contributed by atoms with Crippen LogP contribution in [0.1, 0.15) is 15.7 Å². The SMILES string of the molecule is Cc1cc([N+](=O)[O-])c(Sc2ccc(Cl)cc2)cc1C1SCCS1. The molecule has 1 saturated heterocycles. The van der Waals surface area contributed by atoms with E-state index in [1.165, 1.54) is 17.3 Å². The van der Waals surface area contributed by atoms with Crippen LogP contribution in [0, 0.1) is 17.0 Å². The lowest BCUT2D eigenvalue weighted by Crippen LogP contribution is -1.97. The summed E-state index contributed by atoms with van der Waals surface area (Å²) in [6, 6.07) is 11.1. The van der Waals surface area contributed by atoms with E-state index in [0.29, 0.717) is 14.5 Å². The average Bonchev–Trinajstić information content (AvgIpc) is 3.05. The van der Waals surface area contributed by atoms with E-state index in [2.05, 4.69) is 0 Å². The second-order valence-corrected chi connectivity index (χ2v) is 9.34. The molecule has 0 aromatic heterocycles. The standard InChI is InChI=1S/C16H14ClNO2S3/c1-10-8-14(18(19)20)15(9-13(10)16-21-6-7-22-16)23-12-4-2-11(17)3-5-12/h2-5,8-9,16H,6-7H2,1H3. The van der Waals surface area contributed by atoms with Gasteiger partial charge in [-0.2, -0.15) is 0 Å². The van der Waals surface area contributed by atoms with E-state index in [9.17, 15) is 10.1 Å². The minimum Gasteiger partial charge on any atom is -0.258 e. The molecule has 0 saturated carbocycles. The zero-order valence-corrected chi connectivity index (χ0v) is 15.5. The molecule has 0 spiro atoms. The lowest BCUT2D eigenvalue weighted by molar-refractivity contribution is -0.387. The van der Waals surface area contributed by atoms with Gasteiger partial charge in [-0.1, -0.05) is 23.4 Å². The number of aryl methyl sites for hydroxylation is 1. The fraction of sp³-hybridized carbons (Fsp3) is 0.250. The Kier molecular flexibility index (Phi) is 5.46. The highest BCUT2D eigenvalue weighted by atomic mass is 35.5. The van der Waals surface area contributed by atoms with Gasteiger partial charge in [-0.25, -0.2) is 0 Å². The first-order valence-electron chi connectivity index (χ1n) is 7.00. The van der Waals surface area contributed by atoms with E-state index >= 15 is 0 Å². The number of hydrogen-bond donors (Lipinski definition) is 0. The topological polar surface area (TPSA) is 43.1 Å². The van der Waals surface area contributed by atoms with Crippen LogP contribution in [-0.4, -0.2) is 16.4 Å². The molecule has 3 rings (SSSR count). The van der Waals surface area contributed by atoms with Crippen LogP contribution in [0.2, 0.25) is 5.02 Å². The molecule has 120 valence electrons. The number of nitrogens with zero attached hydrogens (tertiary/aromatic N) is 1. The summed E-state index contributed by atoms with van der Waals surface area (Å²) in [5.74, 6) is 2.26. The third kappa shape index (κ3) is 3.99. The van der Waals surface area contributed by atoms with E-state index in [1.54, 1.807) is 18.2 Å². The summed E-state index contributed by atoms with van der Waals surface area (Å²) in [5, 5.41) is 12.1. The second kappa shape index (κ2) is 7.38. The number of rotatable bonds is 4. The van der Waals surface area contributed by atoms with E-state index in [1.807, 2.05) is 48.6 Å². The molecule has 0 bridgehead atoms. The molecular formula is C16H14ClNO2S3. The van der Waals surface area contributed by atoms with Crippen LogP contribution in [-0.2, 0) is 0 Å². The molecule has 2 aromatic rings. The molecule has 0 unspecified atom stereocenters. The van der Waals surface area contributed by atoms with Gasteiger partial charge in [0.2, 0.25) is 0 Å². The molecular weight excluding hydrogens is 370 g/mol. The third-order valence-corrected chi connectivity index (χ3v) is 7.84. The highest BCUT2D eigenvalue weighted by Gasteiger charge is 2.24. The molecule has 1 heterocycles. The highest BCUT2D eigenvalue weighted by molar-refractivity contribution is 8.19. The minimum atomic E-state index is -0.302. The fourth-order valence-electron chi connectivity index (χ4n) is 2.33. The monoisotopic (exact) mass is 383 g/mol. The third-order valence-electron chi connectivity index (χ3n) is 3.46. The molecule has 7 heteroatoms. The number of nitro groups is 1. The molecule has 0 amide bonds. The summed E-state index contributed by atoms with van der Waals surface area (Å²) in [7, 11) is 0. The van der Waals surface area contributed by atoms with Gasteiger partial charge < -0.3 is 0 Å². The summed E-state index contributed by atoms with van der Waals surface area (Å²) >= 11 is 11.1. The Morgan fingerprint density at radius 3 is 2.48 bits per heavy atom. The molecule has 3 nitrogen and oxygen atoms in total. The Bertz CT molecular complexity index is 731. The van der Waals surface area contributed by atoms with Crippen molar-refractivity contribution in [2.24, 2.45) is 0 Å². The smallest absolute Gasteiger partial charge is 0.258 e. The normalized spacial score (nSPS) is 15.0. The Labute approximate surface area is 152 Å². The second-order valence-electron chi connectivity index (χ2n) is 5.06. The van der Waals surface area contributed by atoms with E-state index in [4.69, 9.17) is 11.6 Å². The lowest BCUT2D eigenvalue weighted by atomic mass is 10.1. The molecule has 1 fully saturated rings. The largest absolute Gasteiger partial charge is 0.283 e. The predicted octanol–water partition coefficient (Wildman–Crippen LogP) is 6.19. The highest BCUT2D eigenvalue weighted by Crippen LogP contribution is 2.48. The van der Waals surface area contributed by atoms with Gasteiger partial charge in [0.15, 0.2) is 0 Å². The molecule has 0 atom stereocenters. The van der Waals surface area contributed by atoms with Gasteiger partial charge in [0.05, 0.1) is 14.4 Å². The van der Waals surface area contributed by atoms with Crippen molar-refractivity contribution in [2.75, 3.05) is 11.5 Å². The summed E-state index contributed by atoms with van der Waals surface area (Å²) < 4.78 is 0.375. The average molecular weight is 384 g/mol. The van der Waals surface area contributed by atoms with Crippen LogP contribution in [0.3, 0.4) is 0 Å². The van der Waals surface area contributed by atoms with Gasteiger partial charge in [0.25, 0.3) is 5.69 Å². The van der Waals surface area contributed by atoms with Gasteiger partial charge in [0, 0.05) is 27.5 Å². The Hall–Kier alpha value is -0.820. The number of halogens is 1. The summed E-state index contributed by atoms with van der Waals surface area (Å²) in [4.78, 5) is 12.7.